The van der Waals surface area contributed by atoms with Crippen LogP contribution in [0.15, 0.2) is 12.1 Å². The number of halogens is 1. The number of aromatic nitrogens is 1. The monoisotopic (exact) mass is 252 g/mol. The standard InChI is InChI=1S/C12H13ClN2O2/c1-6-4-7(13)10-11(15-6)9(16-2)5-8(14)12(10)17-3/h4-5H,14H2,1-3H3. The van der Waals surface area contributed by atoms with Crippen LogP contribution in [-0.4, -0.2) is 19.2 Å². The van der Waals surface area contributed by atoms with Crippen LogP contribution in [0.5, 0.6) is 11.5 Å². The number of methoxy groups -OCH3 is 2. The van der Waals surface area contributed by atoms with Crippen molar-refractivity contribution in [2.45, 2.75) is 6.92 Å². The highest BCUT2D eigenvalue weighted by Crippen LogP contribution is 2.41. The maximum Gasteiger partial charge on any atom is 0.152 e. The summed E-state index contributed by atoms with van der Waals surface area (Å²) in [6, 6.07) is 3.45. The molecule has 2 rings (SSSR count). The molecule has 0 saturated heterocycles. The van der Waals surface area contributed by atoms with Gasteiger partial charge in [-0.3, -0.25) is 0 Å². The van der Waals surface area contributed by atoms with Crippen molar-refractivity contribution in [3.63, 3.8) is 0 Å². The molecule has 0 fully saturated rings. The Kier molecular flexibility index (Phi) is 2.98. The number of hydrogen-bond donors (Lipinski definition) is 1. The van der Waals surface area contributed by atoms with Gasteiger partial charge in [0.25, 0.3) is 0 Å². The van der Waals surface area contributed by atoms with Crippen LogP contribution in [0.3, 0.4) is 0 Å². The highest BCUT2D eigenvalue weighted by atomic mass is 35.5. The minimum absolute atomic E-state index is 0.476. The van der Waals surface area contributed by atoms with Gasteiger partial charge in [-0.15, -0.1) is 0 Å². The first kappa shape index (κ1) is 11.8. The van der Waals surface area contributed by atoms with Crippen LogP contribution in [-0.2, 0) is 0 Å². The number of aryl methyl sites for hydroxylation is 1. The van der Waals surface area contributed by atoms with Crippen molar-refractivity contribution >= 4 is 28.2 Å². The number of rotatable bonds is 2. The Bertz CT molecular complexity index is 584. The molecule has 0 amide bonds. The van der Waals surface area contributed by atoms with Gasteiger partial charge in [0.1, 0.15) is 11.3 Å². The van der Waals surface area contributed by atoms with Gasteiger partial charge in [-0.05, 0) is 13.0 Å². The molecule has 17 heavy (non-hydrogen) atoms. The second-order valence-electron chi connectivity index (χ2n) is 3.67. The van der Waals surface area contributed by atoms with E-state index in [0.717, 1.165) is 5.69 Å². The molecule has 0 bridgehead atoms. The summed E-state index contributed by atoms with van der Waals surface area (Å²) in [6.45, 7) is 1.87. The second kappa shape index (κ2) is 4.30. The number of fused-ring (bicyclic) bond motifs is 1. The fourth-order valence-electron chi connectivity index (χ4n) is 1.82. The number of nitrogen functional groups attached to an aromatic ring is 1. The van der Waals surface area contributed by atoms with E-state index in [9.17, 15) is 0 Å². The Labute approximate surface area is 104 Å². The molecule has 1 aromatic carbocycles. The Balaban J connectivity index is 2.97. The smallest absolute Gasteiger partial charge is 0.152 e. The van der Waals surface area contributed by atoms with E-state index in [-0.39, 0.29) is 0 Å². The highest BCUT2D eigenvalue weighted by Gasteiger charge is 2.16. The molecular formula is C12H13ClN2O2. The molecule has 0 radical (unpaired) electrons. The quantitative estimate of drug-likeness (QED) is 0.835. The number of pyridine rings is 1. The van der Waals surface area contributed by atoms with E-state index in [1.165, 1.54) is 0 Å². The third-order valence-corrected chi connectivity index (χ3v) is 2.83. The average Bonchev–Trinajstić information content (AvgIpc) is 2.28. The van der Waals surface area contributed by atoms with E-state index in [2.05, 4.69) is 4.98 Å². The van der Waals surface area contributed by atoms with Crippen molar-refractivity contribution in [3.05, 3.63) is 22.8 Å². The zero-order chi connectivity index (χ0) is 12.6. The number of benzene rings is 1. The minimum atomic E-state index is 0.476. The molecule has 0 aliphatic carbocycles. The summed E-state index contributed by atoms with van der Waals surface area (Å²) in [5.41, 5.74) is 7.83. The van der Waals surface area contributed by atoms with Gasteiger partial charge in [-0.1, -0.05) is 11.6 Å². The Morgan fingerprint density at radius 2 is 1.94 bits per heavy atom. The fourth-order valence-corrected chi connectivity index (χ4v) is 2.16. The number of ether oxygens (including phenoxy) is 2. The van der Waals surface area contributed by atoms with E-state index >= 15 is 0 Å². The van der Waals surface area contributed by atoms with Gasteiger partial charge in [-0.2, -0.15) is 0 Å². The molecule has 0 spiro atoms. The number of nitrogens with two attached hydrogens (primary N) is 1. The SMILES string of the molecule is COc1cc(N)c(OC)c2c(Cl)cc(C)nc12. The molecule has 0 saturated carbocycles. The third-order valence-electron chi connectivity index (χ3n) is 2.53. The molecule has 0 aliphatic heterocycles. The van der Waals surface area contributed by atoms with Gasteiger partial charge >= 0.3 is 0 Å². The lowest BCUT2D eigenvalue weighted by atomic mass is 10.1. The molecule has 2 N–H and O–H groups in total. The van der Waals surface area contributed by atoms with Crippen LogP contribution in [0.4, 0.5) is 5.69 Å². The van der Waals surface area contributed by atoms with E-state index in [0.29, 0.717) is 33.1 Å². The first-order chi connectivity index (χ1) is 8.08. The molecule has 0 atom stereocenters. The Hall–Kier alpha value is -1.68. The van der Waals surface area contributed by atoms with Gasteiger partial charge in [0.15, 0.2) is 5.75 Å². The van der Waals surface area contributed by atoms with Crippen LogP contribution in [0.1, 0.15) is 5.69 Å². The number of anilines is 1. The minimum Gasteiger partial charge on any atom is -0.494 e. The van der Waals surface area contributed by atoms with Gasteiger partial charge in [0.2, 0.25) is 0 Å². The first-order valence-electron chi connectivity index (χ1n) is 5.05. The van der Waals surface area contributed by atoms with Gasteiger partial charge in [0, 0.05) is 11.8 Å². The lowest BCUT2D eigenvalue weighted by Gasteiger charge is -2.13. The van der Waals surface area contributed by atoms with E-state index in [1.807, 2.05) is 6.92 Å². The Morgan fingerprint density at radius 3 is 2.53 bits per heavy atom. The predicted molar refractivity (Wildman–Crippen MR) is 69.0 cm³/mol. The zero-order valence-corrected chi connectivity index (χ0v) is 10.6. The van der Waals surface area contributed by atoms with Crippen molar-refractivity contribution in [1.29, 1.82) is 0 Å². The Morgan fingerprint density at radius 1 is 1.24 bits per heavy atom. The van der Waals surface area contributed by atoms with Crippen LogP contribution in [0.25, 0.3) is 10.9 Å². The fraction of sp³-hybridized carbons (Fsp3) is 0.250. The van der Waals surface area contributed by atoms with Crippen LogP contribution < -0.4 is 15.2 Å². The van der Waals surface area contributed by atoms with Crippen LogP contribution >= 0.6 is 11.6 Å². The maximum absolute atomic E-state index is 6.22. The average molecular weight is 253 g/mol. The summed E-state index contributed by atoms with van der Waals surface area (Å²) in [4.78, 5) is 4.41. The summed E-state index contributed by atoms with van der Waals surface area (Å²) in [7, 11) is 3.12. The molecule has 4 nitrogen and oxygen atoms in total. The summed E-state index contributed by atoms with van der Waals surface area (Å²) in [6.07, 6.45) is 0. The molecule has 5 heteroatoms. The van der Waals surface area contributed by atoms with Crippen molar-refractivity contribution in [2.24, 2.45) is 0 Å². The largest absolute Gasteiger partial charge is 0.494 e. The maximum atomic E-state index is 6.22. The highest BCUT2D eigenvalue weighted by molar-refractivity contribution is 6.36. The van der Waals surface area contributed by atoms with Gasteiger partial charge in [-0.25, -0.2) is 4.98 Å². The second-order valence-corrected chi connectivity index (χ2v) is 4.08. The van der Waals surface area contributed by atoms with E-state index < -0.39 is 0 Å². The van der Waals surface area contributed by atoms with Gasteiger partial charge < -0.3 is 15.2 Å². The molecule has 0 aliphatic rings. The van der Waals surface area contributed by atoms with Crippen molar-refractivity contribution < 1.29 is 9.47 Å². The molecule has 0 unspecified atom stereocenters. The van der Waals surface area contributed by atoms with E-state index in [4.69, 9.17) is 26.8 Å². The van der Waals surface area contributed by atoms with Gasteiger partial charge in [0.05, 0.1) is 30.3 Å². The number of hydrogen-bond acceptors (Lipinski definition) is 4. The molecule has 90 valence electrons. The van der Waals surface area contributed by atoms with Crippen LogP contribution in [0.2, 0.25) is 5.02 Å². The van der Waals surface area contributed by atoms with Crippen molar-refractivity contribution in [3.8, 4) is 11.5 Å². The third kappa shape index (κ3) is 1.85. The lowest BCUT2D eigenvalue weighted by molar-refractivity contribution is 0.411. The molecule has 1 heterocycles. The lowest BCUT2D eigenvalue weighted by Crippen LogP contribution is -1.98. The van der Waals surface area contributed by atoms with Crippen LogP contribution in [0, 0.1) is 6.92 Å². The summed E-state index contributed by atoms with van der Waals surface area (Å²) in [5.74, 6) is 1.11. The summed E-state index contributed by atoms with van der Waals surface area (Å²) < 4.78 is 10.5. The van der Waals surface area contributed by atoms with E-state index in [1.54, 1.807) is 26.4 Å². The molecule has 1 aromatic heterocycles. The summed E-state index contributed by atoms with van der Waals surface area (Å²) >= 11 is 6.22. The topological polar surface area (TPSA) is 57.4 Å². The zero-order valence-electron chi connectivity index (χ0n) is 9.87. The normalized spacial score (nSPS) is 10.6. The van der Waals surface area contributed by atoms with Crippen molar-refractivity contribution in [1.82, 2.24) is 4.98 Å². The first-order valence-corrected chi connectivity index (χ1v) is 5.43. The predicted octanol–water partition coefficient (Wildman–Crippen LogP) is 2.80. The van der Waals surface area contributed by atoms with Crippen molar-refractivity contribution in [2.75, 3.05) is 20.0 Å². The summed E-state index contributed by atoms with van der Waals surface area (Å²) in [5, 5.41) is 1.23. The molecular weight excluding hydrogens is 240 g/mol. The molecule has 2 aromatic rings. The number of nitrogens with zero attached hydrogens (tertiary/aromatic N) is 1.